The molecule has 0 aliphatic heterocycles. The molecule has 0 atom stereocenters. The number of hydrogen-bond acceptors (Lipinski definition) is 2. The molecule has 1 aliphatic carbocycles. The van der Waals surface area contributed by atoms with E-state index in [0.717, 1.165) is 12.5 Å². The molecule has 0 unspecified atom stereocenters. The first kappa shape index (κ1) is 17.0. The summed E-state index contributed by atoms with van der Waals surface area (Å²) in [7, 11) is 2.31. The molecular formula is C17H36N2. The molecule has 0 bridgehead atoms. The predicted octanol–water partition coefficient (Wildman–Crippen LogP) is 4.06. The second-order valence-corrected chi connectivity index (χ2v) is 7.50. The molecule has 0 radical (unpaired) electrons. The van der Waals surface area contributed by atoms with Crippen LogP contribution in [0.5, 0.6) is 0 Å². The third kappa shape index (κ3) is 9.45. The van der Waals surface area contributed by atoms with Gasteiger partial charge in [-0.25, -0.2) is 0 Å². The lowest BCUT2D eigenvalue weighted by atomic mass is 9.89. The molecule has 0 saturated heterocycles. The molecule has 0 aromatic rings. The predicted molar refractivity (Wildman–Crippen MR) is 85.7 cm³/mol. The summed E-state index contributed by atoms with van der Waals surface area (Å²) < 4.78 is 0. The van der Waals surface area contributed by atoms with Crippen molar-refractivity contribution >= 4 is 0 Å². The second kappa shape index (κ2) is 8.97. The van der Waals surface area contributed by atoms with Crippen molar-refractivity contribution in [2.24, 2.45) is 5.92 Å². The van der Waals surface area contributed by atoms with Crippen molar-refractivity contribution in [1.82, 2.24) is 10.2 Å². The number of rotatable bonds is 8. The number of hydrogen-bond donors (Lipinski definition) is 1. The van der Waals surface area contributed by atoms with Crippen LogP contribution >= 0.6 is 0 Å². The Balaban J connectivity index is 1.93. The van der Waals surface area contributed by atoms with E-state index < -0.39 is 0 Å². The van der Waals surface area contributed by atoms with Gasteiger partial charge in [0.25, 0.3) is 0 Å². The zero-order chi connectivity index (χ0) is 14.1. The smallest absolute Gasteiger partial charge is 0.00965 e. The fraction of sp³-hybridized carbons (Fsp3) is 1.00. The molecule has 0 heterocycles. The van der Waals surface area contributed by atoms with Crippen LogP contribution < -0.4 is 5.32 Å². The lowest BCUT2D eigenvalue weighted by molar-refractivity contribution is 0.230. The van der Waals surface area contributed by atoms with E-state index >= 15 is 0 Å². The molecule has 0 aromatic carbocycles. The summed E-state index contributed by atoms with van der Waals surface area (Å²) in [6.45, 7) is 10.5. The van der Waals surface area contributed by atoms with E-state index in [1.807, 2.05) is 0 Å². The minimum atomic E-state index is 0.276. The third-order valence-electron chi connectivity index (χ3n) is 4.17. The van der Waals surface area contributed by atoms with Gasteiger partial charge in [0.1, 0.15) is 0 Å². The maximum absolute atomic E-state index is 3.56. The van der Waals surface area contributed by atoms with Crippen molar-refractivity contribution in [3.63, 3.8) is 0 Å². The van der Waals surface area contributed by atoms with Gasteiger partial charge < -0.3 is 10.2 Å². The van der Waals surface area contributed by atoms with Crippen LogP contribution in [0.25, 0.3) is 0 Å². The maximum atomic E-state index is 3.56. The van der Waals surface area contributed by atoms with E-state index in [-0.39, 0.29) is 5.54 Å². The standard InChI is InChI=1S/C17H36N2/c1-17(2,3)18-13-9-6-10-14-19(4)15-16-11-7-5-8-12-16/h16,18H,5-15H2,1-4H3. The van der Waals surface area contributed by atoms with Crippen molar-refractivity contribution in [3.8, 4) is 0 Å². The summed E-state index contributed by atoms with van der Waals surface area (Å²) in [5.41, 5.74) is 0.276. The highest BCUT2D eigenvalue weighted by atomic mass is 15.1. The van der Waals surface area contributed by atoms with E-state index in [4.69, 9.17) is 0 Å². The van der Waals surface area contributed by atoms with E-state index in [1.54, 1.807) is 0 Å². The molecule has 0 amide bonds. The molecule has 0 aromatic heterocycles. The minimum Gasteiger partial charge on any atom is -0.312 e. The number of nitrogens with one attached hydrogen (secondary N) is 1. The molecule has 19 heavy (non-hydrogen) atoms. The maximum Gasteiger partial charge on any atom is 0.00965 e. The summed E-state index contributed by atoms with van der Waals surface area (Å²) in [5.74, 6) is 0.987. The molecule has 1 saturated carbocycles. The lowest BCUT2D eigenvalue weighted by Gasteiger charge is -2.27. The second-order valence-electron chi connectivity index (χ2n) is 7.50. The van der Waals surface area contributed by atoms with Crippen LogP contribution in [0.3, 0.4) is 0 Å². The van der Waals surface area contributed by atoms with E-state index in [9.17, 15) is 0 Å². The van der Waals surface area contributed by atoms with Crippen molar-refractivity contribution in [3.05, 3.63) is 0 Å². The molecule has 1 N–H and O–H groups in total. The van der Waals surface area contributed by atoms with Crippen molar-refractivity contribution < 1.29 is 0 Å². The van der Waals surface area contributed by atoms with Gasteiger partial charge in [0.05, 0.1) is 0 Å². The van der Waals surface area contributed by atoms with Gasteiger partial charge in [-0.05, 0) is 72.5 Å². The summed E-state index contributed by atoms with van der Waals surface area (Å²) in [6.07, 6.45) is 11.4. The quantitative estimate of drug-likeness (QED) is 0.668. The van der Waals surface area contributed by atoms with E-state index in [1.165, 1.54) is 64.5 Å². The van der Waals surface area contributed by atoms with Gasteiger partial charge in [-0.3, -0.25) is 0 Å². The van der Waals surface area contributed by atoms with Gasteiger partial charge in [0.15, 0.2) is 0 Å². The molecule has 1 fully saturated rings. The summed E-state index contributed by atoms with van der Waals surface area (Å²) in [6, 6.07) is 0. The Hall–Kier alpha value is -0.0800. The molecular weight excluding hydrogens is 232 g/mol. The van der Waals surface area contributed by atoms with Gasteiger partial charge in [-0.2, -0.15) is 0 Å². The molecule has 1 aliphatic rings. The molecule has 2 heteroatoms. The largest absolute Gasteiger partial charge is 0.312 e. The Morgan fingerprint density at radius 2 is 1.68 bits per heavy atom. The molecule has 0 spiro atoms. The molecule has 114 valence electrons. The van der Waals surface area contributed by atoms with Gasteiger partial charge in [0, 0.05) is 12.1 Å². The number of nitrogens with zero attached hydrogens (tertiary/aromatic N) is 1. The average molecular weight is 268 g/mol. The van der Waals surface area contributed by atoms with Crippen LogP contribution in [0.4, 0.5) is 0 Å². The Morgan fingerprint density at radius 3 is 2.32 bits per heavy atom. The van der Waals surface area contributed by atoms with E-state index in [2.05, 4.69) is 38.0 Å². The highest BCUT2D eigenvalue weighted by Crippen LogP contribution is 2.24. The van der Waals surface area contributed by atoms with Crippen molar-refractivity contribution in [2.45, 2.75) is 77.7 Å². The third-order valence-corrected chi connectivity index (χ3v) is 4.17. The van der Waals surface area contributed by atoms with Crippen molar-refractivity contribution in [1.29, 1.82) is 0 Å². The topological polar surface area (TPSA) is 15.3 Å². The van der Waals surface area contributed by atoms with Crippen LogP contribution in [0, 0.1) is 5.92 Å². The zero-order valence-electron chi connectivity index (χ0n) is 13.8. The highest BCUT2D eigenvalue weighted by molar-refractivity contribution is 4.70. The van der Waals surface area contributed by atoms with Gasteiger partial charge >= 0.3 is 0 Å². The zero-order valence-corrected chi connectivity index (χ0v) is 13.8. The van der Waals surface area contributed by atoms with Gasteiger partial charge in [-0.1, -0.05) is 25.7 Å². The molecule has 2 nitrogen and oxygen atoms in total. The van der Waals surface area contributed by atoms with Crippen LogP contribution in [0.1, 0.15) is 72.1 Å². The summed E-state index contributed by atoms with van der Waals surface area (Å²) in [5, 5.41) is 3.56. The Labute approximate surface area is 121 Å². The van der Waals surface area contributed by atoms with Gasteiger partial charge in [-0.15, -0.1) is 0 Å². The SMILES string of the molecule is CN(CCCCCNC(C)(C)C)CC1CCCCC1. The number of unbranched alkanes of at least 4 members (excludes halogenated alkanes) is 2. The monoisotopic (exact) mass is 268 g/mol. The fourth-order valence-electron chi connectivity index (χ4n) is 3.05. The van der Waals surface area contributed by atoms with Crippen LogP contribution in [0.15, 0.2) is 0 Å². The highest BCUT2D eigenvalue weighted by Gasteiger charge is 2.14. The minimum absolute atomic E-state index is 0.276. The molecule has 1 rings (SSSR count). The Bertz CT molecular complexity index is 214. The van der Waals surface area contributed by atoms with E-state index in [0.29, 0.717) is 0 Å². The first-order valence-electron chi connectivity index (χ1n) is 8.41. The first-order valence-corrected chi connectivity index (χ1v) is 8.41. The Morgan fingerprint density at radius 1 is 1.00 bits per heavy atom. The normalized spacial score (nSPS) is 18.2. The van der Waals surface area contributed by atoms with Crippen molar-refractivity contribution in [2.75, 3.05) is 26.7 Å². The van der Waals surface area contributed by atoms with Gasteiger partial charge in [0.2, 0.25) is 0 Å². The summed E-state index contributed by atoms with van der Waals surface area (Å²) in [4.78, 5) is 2.56. The van der Waals surface area contributed by atoms with Crippen LogP contribution in [-0.4, -0.2) is 37.1 Å². The van der Waals surface area contributed by atoms with Crippen LogP contribution in [-0.2, 0) is 0 Å². The van der Waals surface area contributed by atoms with Crippen LogP contribution in [0.2, 0.25) is 0 Å². The average Bonchev–Trinajstić information content (AvgIpc) is 2.33. The Kier molecular flexibility index (Phi) is 8.01. The summed E-state index contributed by atoms with van der Waals surface area (Å²) >= 11 is 0. The lowest BCUT2D eigenvalue weighted by Crippen LogP contribution is -2.36. The fourth-order valence-corrected chi connectivity index (χ4v) is 3.05. The first-order chi connectivity index (χ1) is 8.97.